The Morgan fingerprint density at radius 3 is 2.48 bits per heavy atom. The van der Waals surface area contributed by atoms with Gasteiger partial charge in [-0.1, -0.05) is 30.3 Å². The van der Waals surface area contributed by atoms with Crippen LogP contribution < -0.4 is 10.0 Å². The molecule has 7 nitrogen and oxygen atoms in total. The zero-order valence-corrected chi connectivity index (χ0v) is 16.9. The highest BCUT2D eigenvalue weighted by Gasteiger charge is 2.48. The van der Waals surface area contributed by atoms with E-state index >= 15 is 0 Å². The van der Waals surface area contributed by atoms with Crippen LogP contribution in [0.4, 0.5) is 10.5 Å². The fourth-order valence-electron chi connectivity index (χ4n) is 4.26. The smallest absolute Gasteiger partial charge is 0.320 e. The van der Waals surface area contributed by atoms with Crippen LogP contribution in [-0.2, 0) is 10.0 Å². The minimum atomic E-state index is -3.64. The summed E-state index contributed by atoms with van der Waals surface area (Å²) in [6, 6.07) is 14.3. The molecule has 1 saturated heterocycles. The zero-order valence-electron chi connectivity index (χ0n) is 16.0. The maximum absolute atomic E-state index is 12.8. The number of rotatable bonds is 5. The first kappa shape index (κ1) is 19.6. The van der Waals surface area contributed by atoms with E-state index in [0.29, 0.717) is 17.8 Å². The van der Waals surface area contributed by atoms with Crippen molar-refractivity contribution < 1.29 is 18.0 Å². The standard InChI is InChI=1S/C21H23N3O4S/c1-14(25)16-6-5-7-17(12-16)22-21(26)24-13-15-10-19(20(24)11-15)23-29(27,28)18-8-3-2-4-9-18/h2-9,12,15,19-20,23H,10-11,13H2,1H3,(H,22,26). The Balaban J connectivity index is 1.46. The van der Waals surface area contributed by atoms with Crippen LogP contribution >= 0.6 is 0 Å². The fraction of sp³-hybridized carbons (Fsp3) is 0.333. The summed E-state index contributed by atoms with van der Waals surface area (Å²) in [7, 11) is -3.64. The van der Waals surface area contributed by atoms with E-state index in [1.807, 2.05) is 0 Å². The molecule has 0 radical (unpaired) electrons. The maximum atomic E-state index is 12.8. The monoisotopic (exact) mass is 413 g/mol. The third-order valence-corrected chi connectivity index (χ3v) is 7.13. The molecule has 3 atom stereocenters. The van der Waals surface area contributed by atoms with Gasteiger partial charge >= 0.3 is 6.03 Å². The van der Waals surface area contributed by atoms with Gasteiger partial charge in [-0.25, -0.2) is 17.9 Å². The van der Waals surface area contributed by atoms with Crippen LogP contribution in [0.5, 0.6) is 0 Å². The number of Topliss-reactive ketones (excluding diaryl/α,β-unsaturated/α-hetero) is 1. The van der Waals surface area contributed by atoms with E-state index in [0.717, 1.165) is 12.8 Å². The first-order valence-electron chi connectivity index (χ1n) is 9.59. The van der Waals surface area contributed by atoms with Gasteiger partial charge in [-0.3, -0.25) is 4.79 Å². The number of likely N-dealkylation sites (tertiary alicyclic amines) is 1. The van der Waals surface area contributed by atoms with Crippen molar-refractivity contribution in [2.45, 2.75) is 36.7 Å². The summed E-state index contributed by atoms with van der Waals surface area (Å²) in [5, 5.41) is 2.84. The summed E-state index contributed by atoms with van der Waals surface area (Å²) >= 11 is 0. The van der Waals surface area contributed by atoms with Gasteiger partial charge in [0.1, 0.15) is 0 Å². The van der Waals surface area contributed by atoms with E-state index < -0.39 is 10.0 Å². The van der Waals surface area contributed by atoms with Gasteiger partial charge in [-0.2, -0.15) is 0 Å². The van der Waals surface area contributed by atoms with Crippen molar-refractivity contribution in [3.63, 3.8) is 0 Å². The molecular formula is C21H23N3O4S. The van der Waals surface area contributed by atoms with Gasteiger partial charge < -0.3 is 10.2 Å². The third kappa shape index (κ3) is 4.04. The highest BCUT2D eigenvalue weighted by Crippen LogP contribution is 2.38. The van der Waals surface area contributed by atoms with Crippen molar-refractivity contribution in [3.8, 4) is 0 Å². The molecule has 152 valence electrons. The highest BCUT2D eigenvalue weighted by molar-refractivity contribution is 7.89. The summed E-state index contributed by atoms with van der Waals surface area (Å²) in [5.74, 6) is 0.203. The number of carbonyl (C=O) groups excluding carboxylic acids is 2. The average Bonchev–Trinajstić information content (AvgIpc) is 3.29. The molecule has 2 N–H and O–H groups in total. The summed E-state index contributed by atoms with van der Waals surface area (Å²) in [5.41, 5.74) is 1.08. The molecule has 2 amide bonds. The number of nitrogens with one attached hydrogen (secondary N) is 2. The molecule has 2 fully saturated rings. The molecule has 3 unspecified atom stereocenters. The van der Waals surface area contributed by atoms with Crippen LogP contribution in [0.1, 0.15) is 30.1 Å². The number of carbonyl (C=O) groups is 2. The molecule has 1 saturated carbocycles. The van der Waals surface area contributed by atoms with Gasteiger partial charge in [0, 0.05) is 23.8 Å². The Kier molecular flexibility index (Phi) is 5.14. The number of fused-ring (bicyclic) bond motifs is 2. The van der Waals surface area contributed by atoms with Crippen molar-refractivity contribution >= 4 is 27.5 Å². The molecule has 8 heteroatoms. The normalized spacial score (nSPS) is 23.2. The largest absolute Gasteiger partial charge is 0.322 e. The molecule has 0 aromatic heterocycles. The lowest BCUT2D eigenvalue weighted by molar-refractivity contribution is 0.101. The summed E-state index contributed by atoms with van der Waals surface area (Å²) < 4.78 is 28.1. The quantitative estimate of drug-likeness (QED) is 0.737. The van der Waals surface area contributed by atoms with E-state index in [4.69, 9.17) is 0 Å². The van der Waals surface area contributed by atoms with E-state index in [2.05, 4.69) is 10.0 Å². The second-order valence-electron chi connectivity index (χ2n) is 7.67. The van der Waals surface area contributed by atoms with Gasteiger partial charge in [0.25, 0.3) is 0 Å². The van der Waals surface area contributed by atoms with Crippen molar-refractivity contribution in [1.29, 1.82) is 0 Å². The molecule has 2 aliphatic rings. The number of urea groups is 1. The van der Waals surface area contributed by atoms with E-state index in [1.165, 1.54) is 6.92 Å². The second kappa shape index (κ2) is 7.61. The number of anilines is 1. The first-order valence-corrected chi connectivity index (χ1v) is 11.1. The Labute approximate surface area is 170 Å². The van der Waals surface area contributed by atoms with Crippen LogP contribution in [0.3, 0.4) is 0 Å². The number of sulfonamides is 1. The Morgan fingerprint density at radius 1 is 1.03 bits per heavy atom. The Hall–Kier alpha value is -2.71. The third-order valence-electron chi connectivity index (χ3n) is 5.62. The summed E-state index contributed by atoms with van der Waals surface area (Å²) in [4.78, 5) is 26.3. The van der Waals surface area contributed by atoms with Gasteiger partial charge in [0.2, 0.25) is 10.0 Å². The minimum Gasteiger partial charge on any atom is -0.320 e. The van der Waals surface area contributed by atoms with E-state index in [9.17, 15) is 18.0 Å². The number of benzene rings is 2. The Bertz CT molecular complexity index is 1040. The number of hydrogen-bond donors (Lipinski definition) is 2. The second-order valence-corrected chi connectivity index (χ2v) is 9.38. The number of nitrogens with zero attached hydrogens (tertiary/aromatic N) is 1. The zero-order chi connectivity index (χ0) is 20.6. The molecule has 1 aliphatic carbocycles. The Morgan fingerprint density at radius 2 is 1.79 bits per heavy atom. The van der Waals surface area contributed by atoms with E-state index in [1.54, 1.807) is 59.5 Å². The first-order chi connectivity index (χ1) is 13.8. The van der Waals surface area contributed by atoms with E-state index in [-0.39, 0.29) is 34.7 Å². The topological polar surface area (TPSA) is 95.6 Å². The van der Waals surface area contributed by atoms with Crippen molar-refractivity contribution in [2.24, 2.45) is 5.92 Å². The molecule has 2 bridgehead atoms. The lowest BCUT2D eigenvalue weighted by Gasteiger charge is -2.33. The molecule has 0 spiro atoms. The molecule has 4 rings (SSSR count). The molecule has 2 aromatic carbocycles. The SMILES string of the molecule is CC(=O)c1cccc(NC(=O)N2CC3CC(NS(=O)(=O)c4ccccc4)C2C3)c1. The summed E-state index contributed by atoms with van der Waals surface area (Å²) in [6.07, 6.45) is 1.50. The fourth-order valence-corrected chi connectivity index (χ4v) is 5.57. The molecular weight excluding hydrogens is 390 g/mol. The van der Waals surface area contributed by atoms with Crippen LogP contribution in [0.15, 0.2) is 59.5 Å². The van der Waals surface area contributed by atoms with Crippen molar-refractivity contribution in [1.82, 2.24) is 9.62 Å². The molecule has 1 heterocycles. The van der Waals surface area contributed by atoms with Crippen LogP contribution in [-0.4, -0.2) is 43.8 Å². The molecule has 1 aliphatic heterocycles. The van der Waals surface area contributed by atoms with Crippen LogP contribution in [0.25, 0.3) is 0 Å². The minimum absolute atomic E-state index is 0.0725. The van der Waals surface area contributed by atoms with Crippen molar-refractivity contribution in [3.05, 3.63) is 60.2 Å². The van der Waals surface area contributed by atoms with Crippen LogP contribution in [0, 0.1) is 5.92 Å². The van der Waals surface area contributed by atoms with Gasteiger partial charge in [0.05, 0.1) is 10.9 Å². The van der Waals surface area contributed by atoms with Gasteiger partial charge in [-0.05, 0) is 49.9 Å². The number of hydrogen-bond acceptors (Lipinski definition) is 4. The predicted octanol–water partition coefficient (Wildman–Crippen LogP) is 2.86. The number of amides is 2. The lowest BCUT2D eigenvalue weighted by Crippen LogP contribution is -2.52. The maximum Gasteiger partial charge on any atom is 0.322 e. The molecule has 29 heavy (non-hydrogen) atoms. The lowest BCUT2D eigenvalue weighted by atomic mass is 10.1. The summed E-state index contributed by atoms with van der Waals surface area (Å²) in [6.45, 7) is 2.08. The van der Waals surface area contributed by atoms with Crippen molar-refractivity contribution in [2.75, 3.05) is 11.9 Å². The average molecular weight is 413 g/mol. The van der Waals surface area contributed by atoms with Crippen LogP contribution in [0.2, 0.25) is 0 Å². The highest BCUT2D eigenvalue weighted by atomic mass is 32.2. The number of ketones is 1. The van der Waals surface area contributed by atoms with Gasteiger partial charge in [-0.15, -0.1) is 0 Å². The molecule has 2 aromatic rings. The van der Waals surface area contributed by atoms with Gasteiger partial charge in [0.15, 0.2) is 5.78 Å². The predicted molar refractivity (Wildman–Crippen MR) is 109 cm³/mol. The number of piperidine rings is 1.